The largest absolute Gasteiger partial charge is 0.379 e. The van der Waals surface area contributed by atoms with Crippen molar-refractivity contribution in [1.29, 1.82) is 0 Å². The van der Waals surface area contributed by atoms with Crippen molar-refractivity contribution >= 4 is 0 Å². The van der Waals surface area contributed by atoms with E-state index in [9.17, 15) is 0 Å². The Hall–Kier alpha value is -0.950. The molecule has 0 aliphatic rings. The molecule has 1 aromatic heterocycles. The molecule has 0 atom stereocenters. The maximum Gasteiger partial charge on any atom is 0.0762 e. The van der Waals surface area contributed by atoms with Crippen LogP contribution in [0.4, 0.5) is 0 Å². The summed E-state index contributed by atoms with van der Waals surface area (Å²) in [6.45, 7) is 7.72. The van der Waals surface area contributed by atoms with Gasteiger partial charge in [0.25, 0.3) is 0 Å². The zero-order valence-electron chi connectivity index (χ0n) is 13.3. The maximum absolute atomic E-state index is 5.51. The first-order valence-corrected chi connectivity index (χ1v) is 7.77. The molecule has 0 aromatic carbocycles. The van der Waals surface area contributed by atoms with Gasteiger partial charge in [-0.2, -0.15) is 5.10 Å². The summed E-state index contributed by atoms with van der Waals surface area (Å²) in [7, 11) is 1.91. The molecule has 1 rings (SSSR count). The van der Waals surface area contributed by atoms with Crippen LogP contribution in [0, 0.1) is 0 Å². The molecule has 122 valence electrons. The van der Waals surface area contributed by atoms with Gasteiger partial charge in [0.15, 0.2) is 0 Å². The summed E-state index contributed by atoms with van der Waals surface area (Å²) in [5.41, 5.74) is 1.05. The Morgan fingerprint density at radius 1 is 1.05 bits per heavy atom. The van der Waals surface area contributed by atoms with E-state index in [1.165, 1.54) is 6.42 Å². The molecule has 21 heavy (non-hydrogen) atoms. The monoisotopic (exact) mass is 299 g/mol. The van der Waals surface area contributed by atoms with Crippen LogP contribution in [0.2, 0.25) is 0 Å². The standard InChI is InChI=1S/C15H29N3O3/c1-3-4-8-19-10-12-21-13-11-20-9-7-18-6-5-15(17-18)14-16-2/h5-6,16H,3-4,7-14H2,1-2H3. The van der Waals surface area contributed by atoms with Gasteiger partial charge in [0.2, 0.25) is 0 Å². The molecule has 0 saturated heterocycles. The predicted octanol–water partition coefficient (Wildman–Crippen LogP) is 1.45. The lowest BCUT2D eigenvalue weighted by Crippen LogP contribution is -2.13. The Kier molecular flexibility index (Phi) is 11.0. The van der Waals surface area contributed by atoms with Gasteiger partial charge in [-0.1, -0.05) is 13.3 Å². The summed E-state index contributed by atoms with van der Waals surface area (Å²) in [6.07, 6.45) is 4.26. The third-order valence-corrected chi connectivity index (χ3v) is 2.90. The quantitative estimate of drug-likeness (QED) is 0.527. The Morgan fingerprint density at radius 2 is 1.71 bits per heavy atom. The van der Waals surface area contributed by atoms with E-state index in [-0.39, 0.29) is 0 Å². The van der Waals surface area contributed by atoms with Gasteiger partial charge in [0.1, 0.15) is 0 Å². The maximum atomic E-state index is 5.51. The number of nitrogens with one attached hydrogen (secondary N) is 1. The number of hydrogen-bond donors (Lipinski definition) is 1. The van der Waals surface area contributed by atoms with E-state index >= 15 is 0 Å². The minimum atomic E-state index is 0.611. The molecule has 1 heterocycles. The van der Waals surface area contributed by atoms with Crippen LogP contribution in [0.1, 0.15) is 25.5 Å². The SMILES string of the molecule is CCCCOCCOCCOCCn1ccc(CNC)n1. The van der Waals surface area contributed by atoms with E-state index < -0.39 is 0 Å². The fourth-order valence-electron chi connectivity index (χ4n) is 1.75. The average molecular weight is 299 g/mol. The van der Waals surface area contributed by atoms with Gasteiger partial charge < -0.3 is 19.5 Å². The summed E-state index contributed by atoms with van der Waals surface area (Å²) in [6, 6.07) is 2.01. The molecular formula is C15H29N3O3. The van der Waals surface area contributed by atoms with Gasteiger partial charge in [-0.3, -0.25) is 4.68 Å². The van der Waals surface area contributed by atoms with Crippen LogP contribution in [0.3, 0.4) is 0 Å². The van der Waals surface area contributed by atoms with Gasteiger partial charge in [0.05, 0.1) is 45.3 Å². The van der Waals surface area contributed by atoms with Crippen LogP contribution in [-0.4, -0.2) is 56.5 Å². The Bertz CT molecular complexity index is 345. The van der Waals surface area contributed by atoms with E-state index in [0.29, 0.717) is 33.0 Å². The molecule has 0 radical (unpaired) electrons. The fraction of sp³-hybridized carbons (Fsp3) is 0.800. The van der Waals surface area contributed by atoms with Crippen LogP contribution in [0.5, 0.6) is 0 Å². The summed E-state index contributed by atoms with van der Waals surface area (Å²) >= 11 is 0. The molecule has 1 N–H and O–H groups in total. The molecule has 0 spiro atoms. The van der Waals surface area contributed by atoms with Crippen molar-refractivity contribution in [3.05, 3.63) is 18.0 Å². The van der Waals surface area contributed by atoms with Crippen LogP contribution < -0.4 is 5.32 Å². The number of aromatic nitrogens is 2. The van der Waals surface area contributed by atoms with Crippen molar-refractivity contribution < 1.29 is 14.2 Å². The average Bonchev–Trinajstić information content (AvgIpc) is 2.93. The summed E-state index contributed by atoms with van der Waals surface area (Å²) in [5, 5.41) is 7.48. The Balaban J connectivity index is 1.86. The molecule has 0 aliphatic heterocycles. The van der Waals surface area contributed by atoms with Gasteiger partial charge in [-0.05, 0) is 19.5 Å². The van der Waals surface area contributed by atoms with E-state index in [2.05, 4.69) is 17.3 Å². The molecule has 0 bridgehead atoms. The number of ether oxygens (including phenoxy) is 3. The zero-order chi connectivity index (χ0) is 15.2. The lowest BCUT2D eigenvalue weighted by atomic mass is 10.4. The van der Waals surface area contributed by atoms with E-state index in [1.54, 1.807) is 0 Å². The molecule has 1 aromatic rings. The van der Waals surface area contributed by atoms with Crippen molar-refractivity contribution in [3.8, 4) is 0 Å². The van der Waals surface area contributed by atoms with Crippen molar-refractivity contribution in [2.45, 2.75) is 32.9 Å². The second-order valence-electron chi connectivity index (χ2n) is 4.79. The number of rotatable bonds is 14. The molecule has 6 heteroatoms. The first-order valence-electron chi connectivity index (χ1n) is 7.77. The highest BCUT2D eigenvalue weighted by molar-refractivity contribution is 4.97. The molecule has 0 aliphatic carbocycles. The highest BCUT2D eigenvalue weighted by atomic mass is 16.5. The van der Waals surface area contributed by atoms with Gasteiger partial charge in [0, 0.05) is 19.3 Å². The van der Waals surface area contributed by atoms with Gasteiger partial charge >= 0.3 is 0 Å². The Morgan fingerprint density at radius 3 is 2.38 bits per heavy atom. The molecule has 0 saturated carbocycles. The molecule has 0 fully saturated rings. The molecular weight excluding hydrogens is 270 g/mol. The van der Waals surface area contributed by atoms with E-state index in [0.717, 1.165) is 31.8 Å². The van der Waals surface area contributed by atoms with Crippen LogP contribution in [0.15, 0.2) is 12.3 Å². The first kappa shape index (κ1) is 18.1. The molecule has 6 nitrogen and oxygen atoms in total. The second-order valence-corrected chi connectivity index (χ2v) is 4.79. The van der Waals surface area contributed by atoms with Crippen molar-refractivity contribution in [2.75, 3.05) is 46.7 Å². The third-order valence-electron chi connectivity index (χ3n) is 2.90. The second kappa shape index (κ2) is 12.8. The van der Waals surface area contributed by atoms with Crippen molar-refractivity contribution in [1.82, 2.24) is 15.1 Å². The third kappa shape index (κ3) is 9.57. The van der Waals surface area contributed by atoms with Gasteiger partial charge in [-0.25, -0.2) is 0 Å². The Labute approximate surface area is 127 Å². The van der Waals surface area contributed by atoms with E-state index in [1.807, 2.05) is 24.0 Å². The number of hydrogen-bond acceptors (Lipinski definition) is 5. The minimum absolute atomic E-state index is 0.611. The first-order chi connectivity index (χ1) is 10.4. The fourth-order valence-corrected chi connectivity index (χ4v) is 1.75. The van der Waals surface area contributed by atoms with Crippen LogP contribution >= 0.6 is 0 Å². The van der Waals surface area contributed by atoms with Gasteiger partial charge in [-0.15, -0.1) is 0 Å². The van der Waals surface area contributed by atoms with E-state index in [4.69, 9.17) is 14.2 Å². The predicted molar refractivity (Wildman–Crippen MR) is 82.4 cm³/mol. The summed E-state index contributed by atoms with van der Waals surface area (Å²) in [4.78, 5) is 0. The summed E-state index contributed by atoms with van der Waals surface area (Å²) in [5.74, 6) is 0. The summed E-state index contributed by atoms with van der Waals surface area (Å²) < 4.78 is 18.2. The van der Waals surface area contributed by atoms with Crippen LogP contribution in [0.25, 0.3) is 0 Å². The topological polar surface area (TPSA) is 57.5 Å². The number of unbranched alkanes of at least 4 members (excludes halogenated alkanes) is 1. The molecule has 0 amide bonds. The highest BCUT2D eigenvalue weighted by Gasteiger charge is 1.97. The van der Waals surface area contributed by atoms with Crippen molar-refractivity contribution in [3.63, 3.8) is 0 Å². The lowest BCUT2D eigenvalue weighted by Gasteiger charge is -2.06. The minimum Gasteiger partial charge on any atom is -0.379 e. The number of nitrogens with zero attached hydrogens (tertiary/aromatic N) is 2. The molecule has 0 unspecified atom stereocenters. The highest BCUT2D eigenvalue weighted by Crippen LogP contribution is 1.95. The normalized spacial score (nSPS) is 11.1. The smallest absolute Gasteiger partial charge is 0.0762 e. The zero-order valence-corrected chi connectivity index (χ0v) is 13.3. The van der Waals surface area contributed by atoms with Crippen molar-refractivity contribution in [2.24, 2.45) is 0 Å². The lowest BCUT2D eigenvalue weighted by molar-refractivity contribution is 0.0123. The van der Waals surface area contributed by atoms with Crippen LogP contribution in [-0.2, 0) is 27.3 Å².